The lowest BCUT2D eigenvalue weighted by Crippen LogP contribution is -2.41. The maximum absolute atomic E-state index is 11.9. The molecule has 1 aliphatic heterocycles. The van der Waals surface area contributed by atoms with Gasteiger partial charge in [-0.2, -0.15) is 0 Å². The number of urea groups is 1. The van der Waals surface area contributed by atoms with Crippen molar-refractivity contribution in [1.29, 1.82) is 0 Å². The minimum absolute atomic E-state index is 0.191. The smallest absolute Gasteiger partial charge is 0.321 e. The SMILES string of the molecule is CC1Cc2ccccc2CN(C(N)=O)C1=O. The van der Waals surface area contributed by atoms with E-state index in [2.05, 4.69) is 0 Å². The topological polar surface area (TPSA) is 63.4 Å². The summed E-state index contributed by atoms with van der Waals surface area (Å²) in [7, 11) is 0. The van der Waals surface area contributed by atoms with E-state index in [0.29, 0.717) is 6.42 Å². The maximum Gasteiger partial charge on any atom is 0.321 e. The van der Waals surface area contributed by atoms with Crippen LogP contribution >= 0.6 is 0 Å². The summed E-state index contributed by atoms with van der Waals surface area (Å²) in [4.78, 5) is 24.2. The van der Waals surface area contributed by atoms with Gasteiger partial charge in [0.1, 0.15) is 0 Å². The van der Waals surface area contributed by atoms with E-state index in [1.54, 1.807) is 0 Å². The van der Waals surface area contributed by atoms with E-state index in [0.717, 1.165) is 16.0 Å². The molecule has 2 N–H and O–H groups in total. The van der Waals surface area contributed by atoms with Crippen molar-refractivity contribution in [3.63, 3.8) is 0 Å². The molecule has 2 rings (SSSR count). The van der Waals surface area contributed by atoms with E-state index in [1.165, 1.54) is 0 Å². The van der Waals surface area contributed by atoms with Crippen molar-refractivity contribution in [3.8, 4) is 0 Å². The van der Waals surface area contributed by atoms with Gasteiger partial charge in [-0.15, -0.1) is 0 Å². The standard InChI is InChI=1S/C12H14N2O2/c1-8-6-9-4-2-3-5-10(9)7-14(11(8)15)12(13)16/h2-5,8H,6-7H2,1H3,(H2,13,16). The Balaban J connectivity index is 2.42. The summed E-state index contributed by atoms with van der Waals surface area (Å²) in [6, 6.07) is 7.09. The van der Waals surface area contributed by atoms with Gasteiger partial charge in [0.25, 0.3) is 0 Å². The van der Waals surface area contributed by atoms with E-state index >= 15 is 0 Å². The number of fused-ring (bicyclic) bond motifs is 1. The molecule has 0 spiro atoms. The first-order valence-corrected chi connectivity index (χ1v) is 5.27. The van der Waals surface area contributed by atoms with Crippen molar-refractivity contribution in [3.05, 3.63) is 35.4 Å². The Morgan fingerprint density at radius 1 is 1.38 bits per heavy atom. The third-order valence-corrected chi connectivity index (χ3v) is 2.93. The molecule has 0 aromatic heterocycles. The van der Waals surface area contributed by atoms with Gasteiger partial charge in [0.05, 0.1) is 6.54 Å². The number of hydrogen-bond donors (Lipinski definition) is 1. The fourth-order valence-electron chi connectivity index (χ4n) is 2.03. The van der Waals surface area contributed by atoms with Crippen molar-refractivity contribution in [2.24, 2.45) is 11.7 Å². The van der Waals surface area contributed by atoms with Crippen LogP contribution in [0.4, 0.5) is 4.79 Å². The Hall–Kier alpha value is -1.84. The molecule has 0 bridgehead atoms. The van der Waals surface area contributed by atoms with Gasteiger partial charge in [-0.25, -0.2) is 4.79 Å². The fraction of sp³-hybridized carbons (Fsp3) is 0.333. The second-order valence-corrected chi connectivity index (χ2v) is 4.14. The number of rotatable bonds is 0. The molecular weight excluding hydrogens is 204 g/mol. The number of carbonyl (C=O) groups excluding carboxylic acids is 2. The predicted octanol–water partition coefficient (Wildman–Crippen LogP) is 1.29. The zero-order valence-corrected chi connectivity index (χ0v) is 9.14. The quantitative estimate of drug-likeness (QED) is 0.713. The van der Waals surface area contributed by atoms with E-state index in [-0.39, 0.29) is 18.4 Å². The van der Waals surface area contributed by atoms with Crippen molar-refractivity contribution >= 4 is 11.9 Å². The molecule has 4 nitrogen and oxygen atoms in total. The molecule has 1 aromatic rings. The van der Waals surface area contributed by atoms with Crippen LogP contribution in [0.15, 0.2) is 24.3 Å². The Kier molecular flexibility index (Phi) is 2.64. The molecule has 0 saturated heterocycles. The highest BCUT2D eigenvalue weighted by atomic mass is 16.2. The van der Waals surface area contributed by atoms with E-state index in [1.807, 2.05) is 31.2 Å². The average Bonchev–Trinajstić information content (AvgIpc) is 2.37. The number of nitrogens with two attached hydrogens (primary N) is 1. The number of primary amides is 1. The molecule has 3 amide bonds. The number of carbonyl (C=O) groups is 2. The van der Waals surface area contributed by atoms with Gasteiger partial charge in [-0.05, 0) is 17.5 Å². The molecule has 0 radical (unpaired) electrons. The molecule has 0 saturated carbocycles. The van der Waals surface area contributed by atoms with Crippen molar-refractivity contribution in [2.45, 2.75) is 19.9 Å². The highest BCUT2D eigenvalue weighted by molar-refractivity contribution is 5.95. The molecule has 84 valence electrons. The molecule has 4 heteroatoms. The van der Waals surface area contributed by atoms with Gasteiger partial charge in [0.2, 0.25) is 5.91 Å². The van der Waals surface area contributed by atoms with Crippen molar-refractivity contribution < 1.29 is 9.59 Å². The molecular formula is C12H14N2O2. The monoisotopic (exact) mass is 218 g/mol. The largest absolute Gasteiger partial charge is 0.351 e. The van der Waals surface area contributed by atoms with Crippen LogP contribution in [-0.4, -0.2) is 16.8 Å². The fourth-order valence-corrected chi connectivity index (χ4v) is 2.03. The summed E-state index contributed by atoms with van der Waals surface area (Å²) in [5.41, 5.74) is 7.33. The van der Waals surface area contributed by atoms with Crippen LogP contribution in [0.5, 0.6) is 0 Å². The van der Waals surface area contributed by atoms with Crippen LogP contribution in [0.25, 0.3) is 0 Å². The van der Waals surface area contributed by atoms with Crippen LogP contribution in [0.2, 0.25) is 0 Å². The Labute approximate surface area is 94.0 Å². The van der Waals surface area contributed by atoms with Crippen molar-refractivity contribution in [1.82, 2.24) is 4.90 Å². The third-order valence-electron chi connectivity index (χ3n) is 2.93. The zero-order valence-electron chi connectivity index (χ0n) is 9.14. The molecule has 0 fully saturated rings. The maximum atomic E-state index is 11.9. The van der Waals surface area contributed by atoms with E-state index < -0.39 is 6.03 Å². The molecule has 1 heterocycles. The Morgan fingerprint density at radius 2 is 2.00 bits per heavy atom. The average molecular weight is 218 g/mol. The summed E-state index contributed by atoms with van der Waals surface area (Å²) in [5, 5.41) is 0. The Morgan fingerprint density at radius 3 is 2.62 bits per heavy atom. The first-order valence-electron chi connectivity index (χ1n) is 5.27. The van der Waals surface area contributed by atoms with Gasteiger partial charge in [0, 0.05) is 5.92 Å². The van der Waals surface area contributed by atoms with Gasteiger partial charge in [0.15, 0.2) is 0 Å². The van der Waals surface area contributed by atoms with E-state index in [4.69, 9.17) is 5.73 Å². The lowest BCUT2D eigenvalue weighted by atomic mass is 9.98. The number of hydrogen-bond acceptors (Lipinski definition) is 2. The zero-order chi connectivity index (χ0) is 11.7. The van der Waals surface area contributed by atoms with Crippen LogP contribution in [0.1, 0.15) is 18.1 Å². The number of amides is 3. The summed E-state index contributed by atoms with van der Waals surface area (Å²) < 4.78 is 0. The summed E-state index contributed by atoms with van der Waals surface area (Å²) in [5.74, 6) is -0.389. The Bertz CT molecular complexity index is 442. The van der Waals surface area contributed by atoms with Gasteiger partial charge < -0.3 is 5.73 Å². The second-order valence-electron chi connectivity index (χ2n) is 4.14. The summed E-state index contributed by atoms with van der Waals surface area (Å²) in [6.07, 6.45) is 0.665. The molecule has 0 aliphatic carbocycles. The van der Waals surface area contributed by atoms with Crippen LogP contribution in [-0.2, 0) is 17.8 Å². The minimum atomic E-state index is -0.673. The lowest BCUT2D eigenvalue weighted by molar-refractivity contribution is -0.131. The number of imide groups is 1. The van der Waals surface area contributed by atoms with Gasteiger partial charge in [-0.1, -0.05) is 31.2 Å². The van der Waals surface area contributed by atoms with Crippen molar-refractivity contribution in [2.75, 3.05) is 0 Å². The van der Waals surface area contributed by atoms with E-state index in [9.17, 15) is 9.59 Å². The van der Waals surface area contributed by atoms with Crippen LogP contribution < -0.4 is 5.73 Å². The molecule has 1 aliphatic rings. The summed E-state index contributed by atoms with van der Waals surface area (Å²) >= 11 is 0. The molecule has 1 aromatic carbocycles. The number of nitrogens with zero attached hydrogens (tertiary/aromatic N) is 1. The normalized spacial score (nSPS) is 20.2. The number of benzene rings is 1. The van der Waals surface area contributed by atoms with Crippen LogP contribution in [0.3, 0.4) is 0 Å². The highest BCUT2D eigenvalue weighted by Crippen LogP contribution is 2.22. The van der Waals surface area contributed by atoms with Gasteiger partial charge in [-0.3, -0.25) is 9.69 Å². The van der Waals surface area contributed by atoms with Crippen LogP contribution in [0, 0.1) is 5.92 Å². The van der Waals surface area contributed by atoms with Gasteiger partial charge >= 0.3 is 6.03 Å². The first-order chi connectivity index (χ1) is 7.59. The molecule has 16 heavy (non-hydrogen) atoms. The third kappa shape index (κ3) is 1.78. The minimum Gasteiger partial charge on any atom is -0.351 e. The summed E-state index contributed by atoms with van der Waals surface area (Å²) in [6.45, 7) is 2.11. The first kappa shape index (κ1) is 10.7. The second kappa shape index (κ2) is 3.96. The highest BCUT2D eigenvalue weighted by Gasteiger charge is 2.28. The molecule has 1 unspecified atom stereocenters. The lowest BCUT2D eigenvalue weighted by Gasteiger charge is -2.18. The molecule has 1 atom stereocenters. The predicted molar refractivity (Wildman–Crippen MR) is 59.4 cm³/mol.